The second-order valence-electron chi connectivity index (χ2n) is 7.65. The Morgan fingerprint density at radius 1 is 1.21 bits per heavy atom. The molecule has 0 aliphatic carbocycles. The molecule has 2 heterocycles. The van der Waals surface area contributed by atoms with Gasteiger partial charge in [0.05, 0.1) is 24.5 Å². The van der Waals surface area contributed by atoms with Crippen molar-refractivity contribution < 1.29 is 24.4 Å². The molecule has 0 amide bonds. The average Bonchev–Trinajstić information content (AvgIpc) is 3.42. The van der Waals surface area contributed by atoms with Crippen LogP contribution in [0.5, 0.6) is 11.6 Å². The molecule has 2 aromatic heterocycles. The van der Waals surface area contributed by atoms with Crippen LogP contribution in [0.2, 0.25) is 0 Å². The lowest BCUT2D eigenvalue weighted by Gasteiger charge is -2.12. The minimum absolute atomic E-state index is 0.0664. The molecule has 0 saturated heterocycles. The number of hydrogen-bond acceptors (Lipinski definition) is 6. The Labute approximate surface area is 207 Å². The molecule has 0 aliphatic heterocycles. The van der Waals surface area contributed by atoms with E-state index in [-0.39, 0.29) is 18.2 Å². The van der Waals surface area contributed by atoms with Crippen LogP contribution < -0.4 is 10.4 Å². The van der Waals surface area contributed by atoms with Gasteiger partial charge in [0.2, 0.25) is 5.88 Å². The van der Waals surface area contributed by atoms with E-state index in [0.29, 0.717) is 28.4 Å². The fraction of sp³-hybridized carbons (Fsp3) is 0.217. The molecule has 4 aromatic rings. The molecule has 0 bridgehead atoms. The highest BCUT2D eigenvalue weighted by Crippen LogP contribution is 2.31. The van der Waals surface area contributed by atoms with E-state index >= 15 is 0 Å². The number of benzene rings is 2. The second kappa shape index (κ2) is 9.99. The average molecular weight is 580 g/mol. The summed E-state index contributed by atoms with van der Waals surface area (Å²) < 4.78 is 21.6. The second-order valence-corrected chi connectivity index (χ2v) is 8.90. The Kier molecular flexibility index (Phi) is 7.05. The summed E-state index contributed by atoms with van der Waals surface area (Å²) in [6, 6.07) is 10.7. The quantitative estimate of drug-likeness (QED) is 0.204. The molecule has 178 valence electrons. The fourth-order valence-corrected chi connectivity index (χ4v) is 3.93. The number of aromatic hydroxyl groups is 1. The first-order valence-electron chi connectivity index (χ1n) is 10.3. The van der Waals surface area contributed by atoms with Crippen LogP contribution in [0.25, 0.3) is 22.5 Å². The highest BCUT2D eigenvalue weighted by molar-refractivity contribution is 14.1. The van der Waals surface area contributed by atoms with Crippen LogP contribution in [0.4, 0.5) is 4.39 Å². The third-order valence-corrected chi connectivity index (χ3v) is 5.97. The van der Waals surface area contributed by atoms with Gasteiger partial charge in [-0.2, -0.15) is 0 Å². The summed E-state index contributed by atoms with van der Waals surface area (Å²) in [7, 11) is 0. The van der Waals surface area contributed by atoms with E-state index in [1.165, 1.54) is 12.3 Å². The SMILES string of the molecule is C[C@@H](c1ncc(-c2ccc(I)cc2F)[nH]1)n1c(O)c(-c2ccc(OC[C@H](O)CO)cc2)[nH]c1=O. The van der Waals surface area contributed by atoms with E-state index in [0.717, 1.165) is 8.14 Å². The first-order valence-corrected chi connectivity index (χ1v) is 11.4. The normalized spacial score (nSPS) is 13.1. The number of halogens is 2. The van der Waals surface area contributed by atoms with Gasteiger partial charge < -0.3 is 30.0 Å². The fourth-order valence-electron chi connectivity index (χ4n) is 3.48. The number of aliphatic hydroxyl groups excluding tert-OH is 2. The maximum Gasteiger partial charge on any atom is 0.329 e. The number of nitrogens with zero attached hydrogens (tertiary/aromatic N) is 2. The van der Waals surface area contributed by atoms with Crippen LogP contribution in [0.1, 0.15) is 18.8 Å². The zero-order chi connectivity index (χ0) is 24.4. The first-order chi connectivity index (χ1) is 16.3. The van der Waals surface area contributed by atoms with Crippen molar-refractivity contribution in [2.45, 2.75) is 19.1 Å². The lowest BCUT2D eigenvalue weighted by molar-refractivity contribution is 0.0536. The number of H-pyrrole nitrogens is 2. The maximum absolute atomic E-state index is 14.3. The zero-order valence-corrected chi connectivity index (χ0v) is 20.2. The molecule has 0 spiro atoms. The van der Waals surface area contributed by atoms with Gasteiger partial charge in [-0.1, -0.05) is 0 Å². The topological polar surface area (TPSA) is 136 Å². The predicted octanol–water partition coefficient (Wildman–Crippen LogP) is 3.02. The summed E-state index contributed by atoms with van der Waals surface area (Å²) in [6.45, 7) is 1.22. The minimum atomic E-state index is -0.986. The molecule has 0 fully saturated rings. The molecule has 0 aliphatic rings. The molecule has 0 radical (unpaired) electrons. The Balaban J connectivity index is 1.58. The van der Waals surface area contributed by atoms with Crippen LogP contribution >= 0.6 is 22.6 Å². The molecule has 34 heavy (non-hydrogen) atoms. The molecule has 9 nitrogen and oxygen atoms in total. The van der Waals surface area contributed by atoms with Gasteiger partial charge in [-0.05, 0) is 72.0 Å². The zero-order valence-electron chi connectivity index (χ0n) is 18.0. The van der Waals surface area contributed by atoms with E-state index in [1.807, 2.05) is 22.6 Å². The van der Waals surface area contributed by atoms with Crippen molar-refractivity contribution in [1.29, 1.82) is 0 Å². The van der Waals surface area contributed by atoms with Gasteiger partial charge in [0.25, 0.3) is 0 Å². The van der Waals surface area contributed by atoms with Crippen molar-refractivity contribution in [2.24, 2.45) is 0 Å². The highest BCUT2D eigenvalue weighted by Gasteiger charge is 2.23. The van der Waals surface area contributed by atoms with Crippen molar-refractivity contribution in [3.63, 3.8) is 0 Å². The molecular formula is C23H22FIN4O5. The number of nitrogens with one attached hydrogen (secondary N) is 2. The first kappa shape index (κ1) is 24.0. The molecule has 0 saturated carbocycles. The van der Waals surface area contributed by atoms with Crippen molar-refractivity contribution >= 4 is 22.6 Å². The largest absolute Gasteiger partial charge is 0.493 e. The van der Waals surface area contributed by atoms with Crippen molar-refractivity contribution in [3.8, 4) is 34.1 Å². The van der Waals surface area contributed by atoms with Crippen molar-refractivity contribution in [2.75, 3.05) is 13.2 Å². The maximum atomic E-state index is 14.3. The summed E-state index contributed by atoms with van der Waals surface area (Å²) in [6.07, 6.45) is 0.499. The van der Waals surface area contributed by atoms with Crippen LogP contribution in [0.3, 0.4) is 0 Å². The van der Waals surface area contributed by atoms with E-state index in [1.54, 1.807) is 43.3 Å². The van der Waals surface area contributed by atoms with Crippen LogP contribution in [0, 0.1) is 9.39 Å². The monoisotopic (exact) mass is 580 g/mol. The number of rotatable bonds is 8. The smallest absolute Gasteiger partial charge is 0.329 e. The minimum Gasteiger partial charge on any atom is -0.493 e. The third-order valence-electron chi connectivity index (χ3n) is 5.30. The Bertz CT molecular complexity index is 1350. The summed E-state index contributed by atoms with van der Waals surface area (Å²) in [4.78, 5) is 22.6. The van der Waals surface area contributed by atoms with Crippen LogP contribution in [-0.2, 0) is 0 Å². The third kappa shape index (κ3) is 4.86. The molecular weight excluding hydrogens is 558 g/mol. The lowest BCUT2D eigenvalue weighted by Crippen LogP contribution is -2.21. The number of ether oxygens (including phenoxy) is 1. The van der Waals surface area contributed by atoms with E-state index < -0.39 is 30.3 Å². The lowest BCUT2D eigenvalue weighted by atomic mass is 10.1. The number of aromatic nitrogens is 4. The molecule has 0 unspecified atom stereocenters. The van der Waals surface area contributed by atoms with Crippen molar-refractivity contribution in [1.82, 2.24) is 19.5 Å². The Morgan fingerprint density at radius 2 is 1.94 bits per heavy atom. The molecule has 2 aromatic carbocycles. The van der Waals surface area contributed by atoms with Crippen LogP contribution in [-0.4, -0.2) is 54.2 Å². The number of aliphatic hydroxyl groups is 2. The van der Waals surface area contributed by atoms with Gasteiger partial charge in [-0.3, -0.25) is 4.57 Å². The summed E-state index contributed by atoms with van der Waals surface area (Å²) in [5, 5.41) is 29.0. The standard InChI is InChI=1S/C23H22FIN4O5/c1-12(21-26-9-19(27-21)17-7-4-14(25)8-18(17)24)29-22(32)20(28-23(29)33)13-2-5-16(6-3-13)34-11-15(31)10-30/h2-9,12,15,30-32H,10-11H2,1H3,(H,26,27)(H,28,33)/t12-,15+/m0/s1. The number of hydrogen-bond donors (Lipinski definition) is 5. The number of imidazole rings is 2. The molecule has 5 N–H and O–H groups in total. The van der Waals surface area contributed by atoms with Gasteiger partial charge in [-0.25, -0.2) is 14.2 Å². The summed E-state index contributed by atoms with van der Waals surface area (Å²) >= 11 is 2.03. The van der Waals surface area contributed by atoms with Gasteiger partial charge in [0, 0.05) is 14.7 Å². The Hall–Kier alpha value is -3.16. The van der Waals surface area contributed by atoms with Gasteiger partial charge in [0.1, 0.15) is 35.8 Å². The van der Waals surface area contributed by atoms with E-state index in [9.17, 15) is 19.4 Å². The molecule has 11 heteroatoms. The predicted molar refractivity (Wildman–Crippen MR) is 131 cm³/mol. The van der Waals surface area contributed by atoms with Crippen LogP contribution in [0.15, 0.2) is 53.5 Å². The van der Waals surface area contributed by atoms with Gasteiger partial charge in [0.15, 0.2) is 0 Å². The van der Waals surface area contributed by atoms with Gasteiger partial charge >= 0.3 is 5.69 Å². The number of aromatic amines is 2. The summed E-state index contributed by atoms with van der Waals surface area (Å²) in [5.74, 6) is 0.163. The van der Waals surface area contributed by atoms with E-state index in [2.05, 4.69) is 15.0 Å². The van der Waals surface area contributed by atoms with Crippen molar-refractivity contribution in [3.05, 3.63) is 74.4 Å². The molecule has 2 atom stereocenters. The van der Waals surface area contributed by atoms with Gasteiger partial charge in [-0.15, -0.1) is 0 Å². The highest BCUT2D eigenvalue weighted by atomic mass is 127. The Morgan fingerprint density at radius 3 is 2.62 bits per heavy atom. The van der Waals surface area contributed by atoms with E-state index in [4.69, 9.17) is 9.84 Å². The molecule has 4 rings (SSSR count). The summed E-state index contributed by atoms with van der Waals surface area (Å²) in [5.41, 5.74) is 1.03.